The second-order valence-electron chi connectivity index (χ2n) is 5.42. The minimum atomic E-state index is -1.29. The third-order valence-corrected chi connectivity index (χ3v) is 3.66. The van der Waals surface area contributed by atoms with Crippen molar-refractivity contribution in [3.05, 3.63) is 34.9 Å². The molecule has 0 spiro atoms. The average Bonchev–Trinajstić information content (AvgIpc) is 2.54. The molecule has 1 atom stereocenters. The van der Waals surface area contributed by atoms with Crippen LogP contribution in [0, 0.1) is 5.92 Å². The molecule has 126 valence electrons. The predicted octanol–water partition coefficient (Wildman–Crippen LogP) is 3.46. The maximum absolute atomic E-state index is 12.1. The van der Waals surface area contributed by atoms with Gasteiger partial charge in [-0.05, 0) is 30.5 Å². The molecule has 0 aliphatic rings. The molecule has 6 nitrogen and oxygen atoms in total. The van der Waals surface area contributed by atoms with E-state index in [4.69, 9.17) is 14.9 Å². The lowest BCUT2D eigenvalue weighted by Gasteiger charge is -2.15. The number of esters is 1. The van der Waals surface area contributed by atoms with E-state index in [0.29, 0.717) is 0 Å². The predicted molar refractivity (Wildman–Crippen MR) is 83.9 cm³/mol. The Bertz CT molecular complexity index is 546. The van der Waals surface area contributed by atoms with Crippen LogP contribution in [0.15, 0.2) is 18.2 Å². The lowest BCUT2D eigenvalue weighted by molar-refractivity contribution is 0.0428. The second kappa shape index (κ2) is 8.92. The normalized spacial score (nSPS) is 11.7. The summed E-state index contributed by atoms with van der Waals surface area (Å²) in [6, 6.07) is 3.27. The molecule has 0 aliphatic carbocycles. The largest absolute Gasteiger partial charge is 0.478 e. The van der Waals surface area contributed by atoms with E-state index in [1.165, 1.54) is 0 Å². The van der Waals surface area contributed by atoms with Crippen molar-refractivity contribution in [1.82, 2.24) is 0 Å². The molecular weight excluding hydrogens is 300 g/mol. The summed E-state index contributed by atoms with van der Waals surface area (Å²) >= 11 is 0. The van der Waals surface area contributed by atoms with Crippen molar-refractivity contribution >= 4 is 17.9 Å². The van der Waals surface area contributed by atoms with Crippen LogP contribution in [0.25, 0.3) is 0 Å². The fourth-order valence-corrected chi connectivity index (χ4v) is 2.17. The molecule has 0 aromatic heterocycles. The Morgan fingerprint density at radius 1 is 1.00 bits per heavy atom. The van der Waals surface area contributed by atoms with Gasteiger partial charge in [0.2, 0.25) is 0 Å². The zero-order valence-corrected chi connectivity index (χ0v) is 13.4. The number of ether oxygens (including phenoxy) is 1. The number of aromatic carboxylic acids is 2. The maximum Gasteiger partial charge on any atom is 0.338 e. The van der Waals surface area contributed by atoms with Gasteiger partial charge in [-0.2, -0.15) is 0 Å². The summed E-state index contributed by atoms with van der Waals surface area (Å²) in [5.41, 5.74) is -0.572. The van der Waals surface area contributed by atoms with Crippen molar-refractivity contribution in [3.8, 4) is 0 Å². The lowest BCUT2D eigenvalue weighted by atomic mass is 10.0. The van der Waals surface area contributed by atoms with Crippen molar-refractivity contribution in [1.29, 1.82) is 0 Å². The summed E-state index contributed by atoms with van der Waals surface area (Å²) in [6.07, 6.45) is 3.94. The number of rotatable bonds is 9. The number of hydrogen-bond donors (Lipinski definition) is 2. The first-order chi connectivity index (χ1) is 10.9. The summed E-state index contributed by atoms with van der Waals surface area (Å²) in [5.74, 6) is -3.04. The van der Waals surface area contributed by atoms with E-state index < -0.39 is 17.9 Å². The van der Waals surface area contributed by atoms with Gasteiger partial charge in [-0.15, -0.1) is 0 Å². The molecule has 1 unspecified atom stereocenters. The Hall–Kier alpha value is -2.37. The van der Waals surface area contributed by atoms with Crippen LogP contribution < -0.4 is 0 Å². The summed E-state index contributed by atoms with van der Waals surface area (Å²) in [7, 11) is 0. The van der Waals surface area contributed by atoms with Crippen LogP contribution in [0.3, 0.4) is 0 Å². The molecule has 0 fully saturated rings. The zero-order chi connectivity index (χ0) is 17.4. The molecule has 0 heterocycles. The molecule has 1 rings (SSSR count). The molecule has 23 heavy (non-hydrogen) atoms. The lowest BCUT2D eigenvalue weighted by Crippen LogP contribution is -2.15. The molecule has 6 heteroatoms. The van der Waals surface area contributed by atoms with Crippen LogP contribution in [0.2, 0.25) is 0 Å². The maximum atomic E-state index is 12.1. The minimum absolute atomic E-state index is 0.0624. The van der Waals surface area contributed by atoms with Crippen LogP contribution >= 0.6 is 0 Å². The highest BCUT2D eigenvalue weighted by Gasteiger charge is 2.17. The Morgan fingerprint density at radius 3 is 1.96 bits per heavy atom. The monoisotopic (exact) mass is 322 g/mol. The van der Waals surface area contributed by atoms with Gasteiger partial charge >= 0.3 is 17.9 Å². The molecule has 0 aliphatic heterocycles. The van der Waals surface area contributed by atoms with Gasteiger partial charge in [0.05, 0.1) is 23.3 Å². The van der Waals surface area contributed by atoms with Crippen LogP contribution in [0.5, 0.6) is 0 Å². The summed E-state index contributed by atoms with van der Waals surface area (Å²) < 4.78 is 5.22. The number of hydrogen-bond acceptors (Lipinski definition) is 4. The van der Waals surface area contributed by atoms with Crippen molar-refractivity contribution in [2.75, 3.05) is 6.61 Å². The van der Waals surface area contributed by atoms with E-state index in [0.717, 1.165) is 43.9 Å². The standard InChI is InChI=1S/C17H22O6/c1-3-5-6-11(4-2)10-23-17(22)14-8-12(15(18)19)7-13(9-14)16(20)21/h7-9,11H,3-6,10H2,1-2H3,(H,18,19)(H,20,21). The fourth-order valence-electron chi connectivity index (χ4n) is 2.17. The molecule has 0 amide bonds. The second-order valence-corrected chi connectivity index (χ2v) is 5.42. The van der Waals surface area contributed by atoms with Crippen LogP contribution in [-0.2, 0) is 4.74 Å². The van der Waals surface area contributed by atoms with Gasteiger partial charge in [-0.3, -0.25) is 0 Å². The van der Waals surface area contributed by atoms with Crippen molar-refractivity contribution in [3.63, 3.8) is 0 Å². The van der Waals surface area contributed by atoms with Gasteiger partial charge < -0.3 is 14.9 Å². The summed E-state index contributed by atoms with van der Waals surface area (Å²) in [5, 5.41) is 18.0. The highest BCUT2D eigenvalue weighted by atomic mass is 16.5. The first-order valence-corrected chi connectivity index (χ1v) is 7.67. The number of carboxylic acids is 2. The van der Waals surface area contributed by atoms with Crippen molar-refractivity contribution < 1.29 is 29.3 Å². The Balaban J connectivity index is 2.86. The van der Waals surface area contributed by atoms with Crippen molar-refractivity contribution in [2.45, 2.75) is 39.5 Å². The van der Waals surface area contributed by atoms with Crippen LogP contribution in [-0.4, -0.2) is 34.7 Å². The number of carbonyl (C=O) groups is 3. The molecule has 1 aromatic carbocycles. The van der Waals surface area contributed by atoms with Gasteiger partial charge in [-0.1, -0.05) is 33.1 Å². The molecule has 0 radical (unpaired) electrons. The number of benzene rings is 1. The summed E-state index contributed by atoms with van der Waals surface area (Å²) in [4.78, 5) is 34.2. The fraction of sp³-hybridized carbons (Fsp3) is 0.471. The van der Waals surface area contributed by atoms with Gasteiger partial charge in [-0.25, -0.2) is 14.4 Å². The number of carboxylic acid groups (broad SMARTS) is 2. The third-order valence-electron chi connectivity index (χ3n) is 3.66. The minimum Gasteiger partial charge on any atom is -0.478 e. The Morgan fingerprint density at radius 2 is 1.52 bits per heavy atom. The molecule has 0 saturated carbocycles. The SMILES string of the molecule is CCCCC(CC)COC(=O)c1cc(C(=O)O)cc(C(=O)O)c1. The molecule has 0 saturated heterocycles. The van der Waals surface area contributed by atoms with Gasteiger partial charge in [0.1, 0.15) is 0 Å². The van der Waals surface area contributed by atoms with Gasteiger partial charge in [0.25, 0.3) is 0 Å². The highest BCUT2D eigenvalue weighted by Crippen LogP contribution is 2.16. The average molecular weight is 322 g/mol. The molecule has 2 N–H and O–H groups in total. The van der Waals surface area contributed by atoms with Gasteiger partial charge in [0, 0.05) is 0 Å². The topological polar surface area (TPSA) is 101 Å². The quantitative estimate of drug-likeness (QED) is 0.675. The molecule has 0 bridgehead atoms. The van der Waals surface area contributed by atoms with E-state index in [2.05, 4.69) is 6.92 Å². The van der Waals surface area contributed by atoms with E-state index in [1.54, 1.807) is 0 Å². The van der Waals surface area contributed by atoms with E-state index in [1.807, 2.05) is 6.92 Å². The summed E-state index contributed by atoms with van der Waals surface area (Å²) in [6.45, 7) is 4.35. The Labute approximate surface area is 135 Å². The van der Waals surface area contributed by atoms with E-state index in [9.17, 15) is 14.4 Å². The van der Waals surface area contributed by atoms with E-state index in [-0.39, 0.29) is 29.2 Å². The number of unbranched alkanes of at least 4 members (excludes halogenated alkanes) is 1. The number of carbonyl (C=O) groups excluding carboxylic acids is 1. The first kappa shape index (κ1) is 18.7. The Kier molecular flexibility index (Phi) is 7.25. The van der Waals surface area contributed by atoms with Crippen LogP contribution in [0.1, 0.15) is 70.6 Å². The zero-order valence-electron chi connectivity index (χ0n) is 13.4. The van der Waals surface area contributed by atoms with Gasteiger partial charge in [0.15, 0.2) is 0 Å². The van der Waals surface area contributed by atoms with E-state index >= 15 is 0 Å². The molecular formula is C17H22O6. The van der Waals surface area contributed by atoms with Crippen molar-refractivity contribution in [2.24, 2.45) is 5.92 Å². The van der Waals surface area contributed by atoms with Crippen LogP contribution in [0.4, 0.5) is 0 Å². The highest BCUT2D eigenvalue weighted by molar-refractivity contribution is 5.99. The third kappa shape index (κ3) is 5.73. The first-order valence-electron chi connectivity index (χ1n) is 7.67. The molecule has 1 aromatic rings. The smallest absolute Gasteiger partial charge is 0.338 e.